The molecule has 3 saturated heterocycles. The first-order chi connectivity index (χ1) is 25.8. The molecule has 23 nitrogen and oxygen atoms in total. The average Bonchev–Trinajstić information content (AvgIpc) is 3.84. The van der Waals surface area contributed by atoms with Gasteiger partial charge in [-0.2, -0.15) is 0 Å². The molecule has 0 saturated carbocycles. The number of hydrogen-bond acceptors (Lipinski definition) is 17. The molecule has 0 aliphatic carbocycles. The van der Waals surface area contributed by atoms with Crippen molar-refractivity contribution in [1.29, 1.82) is 0 Å². The van der Waals surface area contributed by atoms with Gasteiger partial charge in [0.15, 0.2) is 27.2 Å². The molecule has 293 valence electrons. The van der Waals surface area contributed by atoms with Crippen molar-refractivity contribution >= 4 is 93.4 Å². The highest BCUT2D eigenvalue weighted by atomic mass is 35.5. The molecule has 7 amide bonds. The Morgan fingerprint density at radius 3 is 2.53 bits per heavy atom. The summed E-state index contributed by atoms with van der Waals surface area (Å²) >= 11 is 7.60. The number of oxime groups is 1. The lowest BCUT2D eigenvalue weighted by Gasteiger charge is -2.41. The van der Waals surface area contributed by atoms with E-state index in [1.54, 1.807) is 6.29 Å². The van der Waals surface area contributed by atoms with Crippen LogP contribution < -0.4 is 21.8 Å². The number of carboxylic acids is 1. The van der Waals surface area contributed by atoms with Crippen LogP contribution in [0.15, 0.2) is 22.7 Å². The van der Waals surface area contributed by atoms with E-state index in [9.17, 15) is 58.9 Å². The third-order valence-electron chi connectivity index (χ3n) is 8.20. The molecule has 3 aliphatic rings. The minimum absolute atomic E-state index is 0.0563. The van der Waals surface area contributed by atoms with Gasteiger partial charge in [0.2, 0.25) is 17.8 Å². The number of anilines is 1. The first-order valence-corrected chi connectivity index (χ1v) is 17.7. The summed E-state index contributed by atoms with van der Waals surface area (Å²) in [6.07, 6.45) is 1.79. The van der Waals surface area contributed by atoms with E-state index in [2.05, 4.69) is 26.2 Å². The van der Waals surface area contributed by atoms with E-state index in [0.29, 0.717) is 0 Å². The maximum atomic E-state index is 13.4. The van der Waals surface area contributed by atoms with Crippen molar-refractivity contribution < 1.29 is 63.7 Å². The van der Waals surface area contributed by atoms with E-state index in [-0.39, 0.29) is 41.1 Å². The Hall–Kier alpha value is -5.92. The van der Waals surface area contributed by atoms with Crippen molar-refractivity contribution in [3.63, 3.8) is 0 Å². The number of carbonyl (C=O) groups is 7. The minimum atomic E-state index is -1.85. The van der Waals surface area contributed by atoms with Gasteiger partial charge < -0.3 is 41.4 Å². The number of fused-ring (bicyclic) bond motifs is 1. The van der Waals surface area contributed by atoms with Gasteiger partial charge in [-0.3, -0.25) is 44.3 Å². The zero-order chi connectivity index (χ0) is 40.6. The van der Waals surface area contributed by atoms with Crippen LogP contribution in [0, 0.1) is 0 Å². The van der Waals surface area contributed by atoms with E-state index < -0.39 is 98.7 Å². The van der Waals surface area contributed by atoms with Crippen LogP contribution in [0.25, 0.3) is 0 Å². The molecule has 0 spiro atoms. The molecule has 1 radical (unpaired) electrons. The highest BCUT2D eigenvalue weighted by Crippen LogP contribution is 2.48. The number of carbonyl (C=O) groups excluding carboxylic acids is 7. The van der Waals surface area contributed by atoms with Crippen LogP contribution in [0.4, 0.5) is 9.93 Å². The van der Waals surface area contributed by atoms with E-state index >= 15 is 0 Å². The first-order valence-electron chi connectivity index (χ1n) is 15.6. The smallest absolute Gasteiger partial charge is 0.350 e. The van der Waals surface area contributed by atoms with Crippen LogP contribution in [0.3, 0.4) is 0 Å². The van der Waals surface area contributed by atoms with E-state index in [4.69, 9.17) is 22.2 Å². The molecular formula is C29H30ClN10O13S2. The number of aromatic hydroxyl groups is 2. The van der Waals surface area contributed by atoms with Gasteiger partial charge in [0, 0.05) is 18.5 Å². The standard InChI is InChI=1S/C29H30ClN10O13S2/c1-28(2,25(49)50)53-36-16(13-9-54-26(31)33-13)19(44)34-17-23(48)37-10-29(11-41,55-24(17)37)38-7-8-39(27(38)51)35-21(46)20(45)32-5-6-40(52)22(47)12-3-4-14(42)18(43)15(12)30/h3-4,9,17,24,42-43,52H,5-8,10H2,1-2H3,(H2,31,33)(H,32,45)(H,34,44)(H,35,46)(H,49,50)/b36-16-/t17-,24-,29-/m1/s1. The van der Waals surface area contributed by atoms with Gasteiger partial charge in [-0.1, -0.05) is 28.5 Å². The number of benzene rings is 1. The summed E-state index contributed by atoms with van der Waals surface area (Å²) in [6.45, 7) is 0.658. The molecule has 0 unspecified atom stereocenters. The number of hydrogen-bond donors (Lipinski definition) is 8. The summed E-state index contributed by atoms with van der Waals surface area (Å²) in [5.41, 5.74) is 5.00. The Morgan fingerprint density at radius 2 is 1.89 bits per heavy atom. The Balaban J connectivity index is 1.16. The predicted octanol–water partition coefficient (Wildman–Crippen LogP) is -2.00. The van der Waals surface area contributed by atoms with Crippen molar-refractivity contribution in [3.8, 4) is 11.5 Å². The Labute approximate surface area is 321 Å². The van der Waals surface area contributed by atoms with E-state index in [1.165, 1.54) is 24.1 Å². The van der Waals surface area contributed by atoms with Gasteiger partial charge in [-0.05, 0) is 26.0 Å². The number of thioether (sulfide) groups is 1. The summed E-state index contributed by atoms with van der Waals surface area (Å²) in [5, 5.41) is 47.8. The summed E-state index contributed by atoms with van der Waals surface area (Å²) in [5.74, 6) is -8.08. The third kappa shape index (κ3) is 7.84. The molecule has 3 atom stereocenters. The lowest BCUT2D eigenvalue weighted by Crippen LogP contribution is -2.68. The number of nitrogens with zero attached hydrogens (tertiary/aromatic N) is 6. The Morgan fingerprint density at radius 1 is 1.18 bits per heavy atom. The summed E-state index contributed by atoms with van der Waals surface area (Å²) < 4.78 is 0. The fourth-order valence-electron chi connectivity index (χ4n) is 5.16. The highest BCUT2D eigenvalue weighted by molar-refractivity contribution is 8.02. The lowest BCUT2D eigenvalue weighted by molar-refractivity contribution is -0.161. The van der Waals surface area contributed by atoms with Gasteiger partial charge in [0.25, 0.3) is 11.8 Å². The molecule has 9 N–H and O–H groups in total. The lowest BCUT2D eigenvalue weighted by atomic mass is 10.1. The van der Waals surface area contributed by atoms with Crippen LogP contribution in [0.2, 0.25) is 5.02 Å². The Bertz CT molecular complexity index is 2010. The number of nitrogens with two attached hydrogens (primary N) is 1. The monoisotopic (exact) mass is 825 g/mol. The molecule has 2 aromatic rings. The number of nitrogen functional groups attached to an aromatic ring is 1. The number of urea groups is 1. The van der Waals surface area contributed by atoms with Gasteiger partial charge in [-0.15, -0.1) is 11.3 Å². The van der Waals surface area contributed by atoms with Crippen LogP contribution in [-0.2, 0) is 33.6 Å². The molecular weight excluding hydrogens is 796 g/mol. The first kappa shape index (κ1) is 40.3. The van der Waals surface area contributed by atoms with Crippen molar-refractivity contribution in [1.82, 2.24) is 40.9 Å². The molecule has 3 aliphatic heterocycles. The van der Waals surface area contributed by atoms with E-state index in [0.717, 1.165) is 45.1 Å². The molecule has 26 heteroatoms. The molecule has 1 aromatic carbocycles. The van der Waals surface area contributed by atoms with Gasteiger partial charge in [0.05, 0.1) is 30.2 Å². The number of aliphatic carboxylic acids is 1. The summed E-state index contributed by atoms with van der Waals surface area (Å²) in [6, 6.07) is -0.165. The number of phenolic OH excluding ortho intramolecular Hbond substituents is 2. The quantitative estimate of drug-likeness (QED) is 0.0270. The van der Waals surface area contributed by atoms with Gasteiger partial charge >= 0.3 is 23.8 Å². The zero-order valence-electron chi connectivity index (χ0n) is 28.3. The molecule has 1 aromatic heterocycles. The van der Waals surface area contributed by atoms with Crippen LogP contribution in [-0.4, -0.2) is 154 Å². The third-order valence-corrected chi connectivity index (χ3v) is 10.9. The number of phenols is 2. The Kier molecular flexibility index (Phi) is 11.3. The number of aromatic nitrogens is 1. The molecule has 3 fully saturated rings. The second kappa shape index (κ2) is 15.4. The summed E-state index contributed by atoms with van der Waals surface area (Å²) in [7, 11) is 0. The van der Waals surface area contributed by atoms with Crippen molar-refractivity contribution in [2.75, 3.05) is 38.5 Å². The number of nitrogens with one attached hydrogen (secondary N) is 3. The second-order valence-electron chi connectivity index (χ2n) is 12.2. The molecule has 5 rings (SSSR count). The van der Waals surface area contributed by atoms with Gasteiger partial charge in [-0.25, -0.2) is 24.6 Å². The van der Waals surface area contributed by atoms with Crippen LogP contribution in [0.1, 0.15) is 29.9 Å². The zero-order valence-corrected chi connectivity index (χ0v) is 30.7. The number of carboxylic acid groups (broad SMARTS) is 1. The number of amides is 7. The van der Waals surface area contributed by atoms with Crippen molar-refractivity contribution in [3.05, 3.63) is 33.8 Å². The second-order valence-corrected chi connectivity index (χ2v) is 14.9. The number of hydroxylamine groups is 2. The fraction of sp³-hybridized carbons (Fsp3) is 0.379. The van der Waals surface area contributed by atoms with E-state index in [1.807, 2.05) is 0 Å². The van der Waals surface area contributed by atoms with Crippen LogP contribution in [0.5, 0.6) is 11.5 Å². The fourth-order valence-corrected chi connectivity index (χ4v) is 7.53. The maximum Gasteiger partial charge on any atom is 0.350 e. The predicted molar refractivity (Wildman–Crippen MR) is 187 cm³/mol. The normalized spacial score (nSPS) is 20.7. The highest BCUT2D eigenvalue weighted by Gasteiger charge is 2.64. The molecule has 4 heterocycles. The number of halogens is 1. The number of β-lactam (4-membered cyclic amide) rings is 1. The number of hydrazine groups is 1. The molecule has 0 bridgehead atoms. The van der Waals surface area contributed by atoms with Crippen molar-refractivity contribution in [2.24, 2.45) is 5.16 Å². The largest absolute Gasteiger partial charge is 0.504 e. The van der Waals surface area contributed by atoms with Crippen LogP contribution >= 0.6 is 34.7 Å². The summed E-state index contributed by atoms with van der Waals surface area (Å²) in [4.78, 5) is 111. The minimum Gasteiger partial charge on any atom is -0.504 e. The maximum absolute atomic E-state index is 13.4. The number of rotatable bonds is 13. The number of thiazole rings is 1. The SMILES string of the molecule is CC(C)(O/N=C(\C(=O)N[C@@H]1C(=O)N2C[C@@]([C]=O)(N3CCN(NC(=O)C(=O)NCCN(O)C(=O)c4ccc(O)c(O)c4Cl)C3=O)S[C@H]12)c1csc(N)n1)C(=O)O. The topological polar surface area (TPSA) is 327 Å². The average molecular weight is 826 g/mol. The molecule has 55 heavy (non-hydrogen) atoms. The van der Waals surface area contributed by atoms with Gasteiger partial charge in [0.1, 0.15) is 17.1 Å². The van der Waals surface area contributed by atoms with Crippen molar-refractivity contribution in [2.45, 2.75) is 35.7 Å².